The average molecular weight is 328 g/mol. The molecule has 0 bridgehead atoms. The van der Waals surface area contributed by atoms with Crippen molar-refractivity contribution >= 4 is 21.8 Å². The van der Waals surface area contributed by atoms with E-state index < -0.39 is 0 Å². The minimum absolute atomic E-state index is 0.00300. The smallest absolute Gasteiger partial charge is 0.229 e. The maximum absolute atomic E-state index is 12.5. The van der Waals surface area contributed by atoms with Gasteiger partial charge < -0.3 is 10.0 Å². The van der Waals surface area contributed by atoms with E-state index in [1.165, 1.54) is 0 Å². The van der Waals surface area contributed by atoms with Crippen molar-refractivity contribution < 1.29 is 9.90 Å². The molecule has 1 rings (SSSR count). The van der Waals surface area contributed by atoms with E-state index in [9.17, 15) is 4.79 Å². The first-order chi connectivity index (χ1) is 8.95. The molecule has 1 amide bonds. The van der Waals surface area contributed by atoms with E-state index in [1.807, 2.05) is 24.3 Å². The molecule has 0 aliphatic rings. The molecule has 3 nitrogen and oxygen atoms in total. The van der Waals surface area contributed by atoms with Crippen molar-refractivity contribution in [3.05, 3.63) is 34.3 Å². The lowest BCUT2D eigenvalue weighted by Crippen LogP contribution is -2.34. The van der Waals surface area contributed by atoms with Gasteiger partial charge in [-0.15, -0.1) is 0 Å². The lowest BCUT2D eigenvalue weighted by molar-refractivity contribution is -0.132. The maximum atomic E-state index is 12.5. The molecule has 0 aliphatic heterocycles. The van der Waals surface area contributed by atoms with Crippen molar-refractivity contribution in [1.82, 2.24) is 4.90 Å². The van der Waals surface area contributed by atoms with E-state index in [1.54, 1.807) is 11.9 Å². The van der Waals surface area contributed by atoms with E-state index in [-0.39, 0.29) is 18.4 Å². The zero-order valence-corrected chi connectivity index (χ0v) is 13.4. The quantitative estimate of drug-likeness (QED) is 0.872. The van der Waals surface area contributed by atoms with E-state index in [0.29, 0.717) is 12.5 Å². The van der Waals surface area contributed by atoms with Crippen molar-refractivity contribution in [3.63, 3.8) is 0 Å². The highest BCUT2D eigenvalue weighted by atomic mass is 79.9. The van der Waals surface area contributed by atoms with E-state index in [4.69, 9.17) is 5.11 Å². The van der Waals surface area contributed by atoms with Crippen LogP contribution in [0.2, 0.25) is 0 Å². The molecule has 1 aromatic rings. The lowest BCUT2D eigenvalue weighted by Gasteiger charge is -2.25. The molecule has 1 aromatic carbocycles. The first-order valence-corrected chi connectivity index (χ1v) is 7.36. The summed E-state index contributed by atoms with van der Waals surface area (Å²) in [5.41, 5.74) is 1.03. The third-order valence-electron chi connectivity index (χ3n) is 3.09. The van der Waals surface area contributed by atoms with Crippen LogP contribution in [0.3, 0.4) is 0 Å². The van der Waals surface area contributed by atoms with Gasteiger partial charge in [0.25, 0.3) is 0 Å². The van der Waals surface area contributed by atoms with Gasteiger partial charge in [-0.2, -0.15) is 0 Å². The largest absolute Gasteiger partial charge is 0.395 e. The van der Waals surface area contributed by atoms with Crippen molar-refractivity contribution in [3.8, 4) is 0 Å². The predicted octanol–water partition coefficient (Wildman–Crippen LogP) is 3.03. The number of aliphatic hydroxyl groups is 1. The second kappa shape index (κ2) is 7.65. The van der Waals surface area contributed by atoms with Crippen LogP contribution in [0.4, 0.5) is 0 Å². The van der Waals surface area contributed by atoms with Crippen molar-refractivity contribution in [2.75, 3.05) is 20.2 Å². The van der Waals surface area contributed by atoms with Crippen LogP contribution in [0.5, 0.6) is 0 Å². The summed E-state index contributed by atoms with van der Waals surface area (Å²) in [6.07, 6.45) is 0.816. The molecule has 106 valence electrons. The van der Waals surface area contributed by atoms with Crippen LogP contribution in [0.25, 0.3) is 0 Å². The molecule has 1 atom stereocenters. The fourth-order valence-electron chi connectivity index (χ4n) is 2.07. The molecule has 0 radical (unpaired) electrons. The Morgan fingerprint density at radius 1 is 1.32 bits per heavy atom. The Balaban J connectivity index is 2.94. The summed E-state index contributed by atoms with van der Waals surface area (Å²) < 4.78 is 1.01. The Morgan fingerprint density at radius 3 is 2.37 bits per heavy atom. The predicted molar refractivity (Wildman–Crippen MR) is 81.1 cm³/mol. The number of likely N-dealkylation sites (N-methyl/N-ethyl adjacent to an activating group) is 1. The Hall–Kier alpha value is -0.870. The summed E-state index contributed by atoms with van der Waals surface area (Å²) in [7, 11) is 1.74. The molecule has 0 heterocycles. The number of halogens is 1. The molecule has 0 saturated heterocycles. The van der Waals surface area contributed by atoms with Crippen LogP contribution in [-0.4, -0.2) is 36.1 Å². The van der Waals surface area contributed by atoms with Crippen LogP contribution in [0.1, 0.15) is 31.7 Å². The number of hydrogen-bond acceptors (Lipinski definition) is 2. The van der Waals surface area contributed by atoms with E-state index >= 15 is 0 Å². The van der Waals surface area contributed by atoms with E-state index in [2.05, 4.69) is 29.8 Å². The summed E-state index contributed by atoms with van der Waals surface area (Å²) in [5.74, 6) is 0.384. The number of nitrogens with zero attached hydrogens (tertiary/aromatic N) is 1. The number of carbonyl (C=O) groups excluding carboxylic acids is 1. The van der Waals surface area contributed by atoms with Crippen LogP contribution < -0.4 is 0 Å². The monoisotopic (exact) mass is 327 g/mol. The Bertz CT molecular complexity index is 403. The Kier molecular flexibility index (Phi) is 6.52. The minimum atomic E-state index is -0.135. The van der Waals surface area contributed by atoms with Gasteiger partial charge in [-0.1, -0.05) is 41.9 Å². The molecule has 0 aliphatic carbocycles. The second-order valence-corrected chi connectivity index (χ2v) is 6.13. The number of hydrogen-bond donors (Lipinski definition) is 1. The van der Waals surface area contributed by atoms with Gasteiger partial charge in [0, 0.05) is 18.1 Å². The molecule has 4 heteroatoms. The van der Waals surface area contributed by atoms with Gasteiger partial charge in [-0.3, -0.25) is 4.79 Å². The minimum Gasteiger partial charge on any atom is -0.395 e. The fourth-order valence-corrected chi connectivity index (χ4v) is 2.34. The Labute approximate surface area is 123 Å². The van der Waals surface area contributed by atoms with Gasteiger partial charge in [0.15, 0.2) is 0 Å². The Morgan fingerprint density at radius 2 is 1.89 bits per heavy atom. The molecular weight excluding hydrogens is 306 g/mol. The number of carbonyl (C=O) groups is 1. The first-order valence-electron chi connectivity index (χ1n) is 6.57. The summed E-state index contributed by atoms with van der Waals surface area (Å²) in [5, 5.41) is 8.96. The van der Waals surface area contributed by atoms with Crippen LogP contribution in [0, 0.1) is 5.92 Å². The number of aliphatic hydroxyl groups excluding tert-OH is 1. The van der Waals surface area contributed by atoms with Crippen LogP contribution in [0.15, 0.2) is 28.7 Å². The zero-order chi connectivity index (χ0) is 14.4. The molecule has 0 saturated carbocycles. The maximum Gasteiger partial charge on any atom is 0.229 e. The van der Waals surface area contributed by atoms with E-state index in [0.717, 1.165) is 16.5 Å². The molecule has 0 aromatic heterocycles. The normalized spacial score (nSPS) is 12.5. The highest BCUT2D eigenvalue weighted by Gasteiger charge is 2.24. The van der Waals surface area contributed by atoms with Crippen molar-refractivity contribution in [2.45, 2.75) is 26.2 Å². The number of rotatable bonds is 6. The summed E-state index contributed by atoms with van der Waals surface area (Å²) in [6.45, 7) is 4.61. The molecule has 1 N–H and O–H groups in total. The standard InChI is InChI=1S/C15H22BrNO2/c1-11(2)10-14(15(19)17(3)8-9-18)12-4-6-13(16)7-5-12/h4-7,11,14,18H,8-10H2,1-3H3. The van der Waals surface area contributed by atoms with Crippen molar-refractivity contribution in [1.29, 1.82) is 0 Å². The summed E-state index contributed by atoms with van der Waals surface area (Å²) in [4.78, 5) is 14.1. The van der Waals surface area contributed by atoms with Crippen LogP contribution >= 0.6 is 15.9 Å². The fraction of sp³-hybridized carbons (Fsp3) is 0.533. The topological polar surface area (TPSA) is 40.5 Å². The molecule has 19 heavy (non-hydrogen) atoms. The molecular formula is C15H22BrNO2. The van der Waals surface area contributed by atoms with Gasteiger partial charge in [0.1, 0.15) is 0 Å². The average Bonchev–Trinajstić information content (AvgIpc) is 2.36. The van der Waals surface area contributed by atoms with Gasteiger partial charge >= 0.3 is 0 Å². The summed E-state index contributed by atoms with van der Waals surface area (Å²) in [6, 6.07) is 7.90. The number of benzene rings is 1. The second-order valence-electron chi connectivity index (χ2n) is 5.22. The zero-order valence-electron chi connectivity index (χ0n) is 11.8. The highest BCUT2D eigenvalue weighted by Crippen LogP contribution is 2.27. The van der Waals surface area contributed by atoms with Crippen molar-refractivity contribution in [2.24, 2.45) is 5.92 Å². The molecule has 1 unspecified atom stereocenters. The lowest BCUT2D eigenvalue weighted by atomic mass is 9.89. The third kappa shape index (κ3) is 4.96. The van der Waals surface area contributed by atoms with Gasteiger partial charge in [0.05, 0.1) is 12.5 Å². The molecule has 0 fully saturated rings. The van der Waals surface area contributed by atoms with Gasteiger partial charge in [0.2, 0.25) is 5.91 Å². The SMILES string of the molecule is CC(C)CC(C(=O)N(C)CCO)c1ccc(Br)cc1. The van der Waals surface area contributed by atoms with Gasteiger partial charge in [-0.25, -0.2) is 0 Å². The van der Waals surface area contributed by atoms with Crippen LogP contribution in [-0.2, 0) is 4.79 Å². The first kappa shape index (κ1) is 16.2. The third-order valence-corrected chi connectivity index (χ3v) is 3.62. The number of amides is 1. The van der Waals surface area contributed by atoms with Gasteiger partial charge in [-0.05, 0) is 30.0 Å². The summed E-state index contributed by atoms with van der Waals surface area (Å²) >= 11 is 3.41. The highest BCUT2D eigenvalue weighted by molar-refractivity contribution is 9.10. The molecule has 0 spiro atoms.